The second kappa shape index (κ2) is 4.17. The van der Waals surface area contributed by atoms with Gasteiger partial charge in [0.15, 0.2) is 0 Å². The van der Waals surface area contributed by atoms with Gasteiger partial charge in [-0.25, -0.2) is 9.18 Å². The first-order chi connectivity index (χ1) is 8.00. The van der Waals surface area contributed by atoms with Gasteiger partial charge in [-0.2, -0.15) is 5.10 Å². The number of nitrogens with zero attached hydrogens (tertiary/aromatic N) is 1. The van der Waals surface area contributed by atoms with E-state index in [0.29, 0.717) is 10.0 Å². The first kappa shape index (κ1) is 11.6. The molecule has 1 aromatic carbocycles. The Morgan fingerprint density at radius 2 is 2.24 bits per heavy atom. The van der Waals surface area contributed by atoms with Crippen molar-refractivity contribution >= 4 is 27.7 Å². The number of carbonyl (C=O) groups is 1. The summed E-state index contributed by atoms with van der Waals surface area (Å²) in [5, 5.41) is 15.1. The van der Waals surface area contributed by atoms with Crippen molar-refractivity contribution in [2.45, 2.75) is 0 Å². The van der Waals surface area contributed by atoms with Crippen LogP contribution in [0.2, 0.25) is 0 Å². The number of hydrogen-bond acceptors (Lipinski definition) is 3. The van der Waals surface area contributed by atoms with Crippen LogP contribution in [0.15, 0.2) is 22.7 Å². The molecule has 0 saturated heterocycles. The van der Waals surface area contributed by atoms with Crippen LogP contribution in [-0.2, 0) is 0 Å². The van der Waals surface area contributed by atoms with Crippen molar-refractivity contribution in [1.82, 2.24) is 10.2 Å². The number of H-pyrrole nitrogens is 1. The van der Waals surface area contributed by atoms with Crippen LogP contribution in [0.1, 0.15) is 10.4 Å². The fraction of sp³-hybridized carbons (Fsp3) is 0. The van der Waals surface area contributed by atoms with Crippen LogP contribution in [0, 0.1) is 5.82 Å². The van der Waals surface area contributed by atoms with E-state index < -0.39 is 11.8 Å². The molecule has 0 unspecified atom stereocenters. The number of carboxylic acids is 1. The third-order valence-corrected chi connectivity index (χ3v) is 2.84. The van der Waals surface area contributed by atoms with Crippen LogP contribution >= 0.6 is 15.9 Å². The van der Waals surface area contributed by atoms with E-state index in [4.69, 9.17) is 10.8 Å². The first-order valence-electron chi connectivity index (χ1n) is 4.53. The molecule has 7 heteroatoms. The normalized spacial score (nSPS) is 10.5. The Morgan fingerprint density at radius 1 is 1.53 bits per heavy atom. The molecule has 0 fully saturated rings. The number of carboxylic acid groups (broad SMARTS) is 1. The number of halogens is 2. The Balaban J connectivity index is 2.60. The number of aromatic amines is 1. The van der Waals surface area contributed by atoms with E-state index >= 15 is 0 Å². The van der Waals surface area contributed by atoms with Crippen LogP contribution in [0.5, 0.6) is 0 Å². The summed E-state index contributed by atoms with van der Waals surface area (Å²) in [6, 6.07) is 4.21. The molecule has 2 aromatic rings. The summed E-state index contributed by atoms with van der Waals surface area (Å²) in [6.07, 6.45) is 0. The summed E-state index contributed by atoms with van der Waals surface area (Å²) in [5.41, 5.74) is 5.74. The van der Waals surface area contributed by atoms with E-state index in [0.717, 1.165) is 0 Å². The molecule has 2 rings (SSSR count). The van der Waals surface area contributed by atoms with E-state index in [1.165, 1.54) is 12.1 Å². The van der Waals surface area contributed by atoms with Crippen LogP contribution < -0.4 is 5.73 Å². The molecule has 0 bridgehead atoms. The Kier molecular flexibility index (Phi) is 2.84. The number of nitrogens with one attached hydrogen (secondary N) is 1. The molecule has 17 heavy (non-hydrogen) atoms. The molecular formula is C10H7BrFN3O2. The summed E-state index contributed by atoms with van der Waals surface area (Å²) in [5.74, 6) is -1.77. The summed E-state index contributed by atoms with van der Waals surface area (Å²) in [4.78, 5) is 11.0. The number of hydrogen-bond donors (Lipinski definition) is 3. The molecular weight excluding hydrogens is 293 g/mol. The fourth-order valence-electron chi connectivity index (χ4n) is 1.42. The van der Waals surface area contributed by atoms with E-state index in [2.05, 4.69) is 26.1 Å². The maximum atomic E-state index is 13.3. The van der Waals surface area contributed by atoms with E-state index in [9.17, 15) is 9.18 Å². The zero-order valence-electron chi connectivity index (χ0n) is 8.37. The number of nitrogen functional groups attached to an aromatic ring is 1. The monoisotopic (exact) mass is 299 g/mol. The van der Waals surface area contributed by atoms with Gasteiger partial charge in [0.2, 0.25) is 0 Å². The van der Waals surface area contributed by atoms with Crippen molar-refractivity contribution < 1.29 is 14.3 Å². The van der Waals surface area contributed by atoms with Crippen molar-refractivity contribution in [2.75, 3.05) is 5.73 Å². The Bertz CT molecular complexity index is 597. The van der Waals surface area contributed by atoms with Crippen molar-refractivity contribution in [1.29, 1.82) is 0 Å². The molecule has 0 spiro atoms. The van der Waals surface area contributed by atoms with Gasteiger partial charge in [-0.05, 0) is 28.1 Å². The highest BCUT2D eigenvalue weighted by molar-refractivity contribution is 9.10. The molecule has 0 aliphatic carbocycles. The number of nitrogens with two attached hydrogens (primary N) is 1. The highest BCUT2D eigenvalue weighted by Crippen LogP contribution is 2.28. The minimum atomic E-state index is -1.21. The summed E-state index contributed by atoms with van der Waals surface area (Å²) >= 11 is 3.01. The molecule has 0 aliphatic heterocycles. The van der Waals surface area contributed by atoms with Crippen molar-refractivity contribution in [3.05, 3.63) is 34.1 Å². The second-order valence-corrected chi connectivity index (χ2v) is 4.15. The van der Waals surface area contributed by atoms with Gasteiger partial charge >= 0.3 is 5.97 Å². The first-order valence-corrected chi connectivity index (χ1v) is 5.32. The van der Waals surface area contributed by atoms with Crippen molar-refractivity contribution in [3.63, 3.8) is 0 Å². The van der Waals surface area contributed by atoms with Gasteiger partial charge in [0.05, 0.1) is 4.47 Å². The van der Waals surface area contributed by atoms with Gasteiger partial charge in [0.1, 0.15) is 22.9 Å². The minimum absolute atomic E-state index is 0.0594. The minimum Gasteiger partial charge on any atom is -0.477 e. The zero-order valence-corrected chi connectivity index (χ0v) is 9.95. The van der Waals surface area contributed by atoms with Gasteiger partial charge in [-0.3, -0.25) is 5.10 Å². The number of rotatable bonds is 2. The molecule has 4 N–H and O–H groups in total. The predicted molar refractivity (Wildman–Crippen MR) is 63.1 cm³/mol. The van der Waals surface area contributed by atoms with Gasteiger partial charge in [-0.15, -0.1) is 0 Å². The van der Waals surface area contributed by atoms with Gasteiger partial charge in [0, 0.05) is 5.56 Å². The number of benzene rings is 1. The number of aromatic nitrogens is 2. The van der Waals surface area contributed by atoms with Crippen LogP contribution in [0.3, 0.4) is 0 Å². The number of anilines is 1. The lowest BCUT2D eigenvalue weighted by molar-refractivity contribution is 0.0699. The van der Waals surface area contributed by atoms with E-state index in [-0.39, 0.29) is 17.1 Å². The van der Waals surface area contributed by atoms with E-state index in [1.807, 2.05) is 0 Å². The van der Waals surface area contributed by atoms with Gasteiger partial charge in [0.25, 0.3) is 0 Å². The lowest BCUT2D eigenvalue weighted by atomic mass is 10.1. The molecule has 1 heterocycles. The number of aromatic carboxylic acids is 1. The smallest absolute Gasteiger partial charge is 0.341 e. The maximum Gasteiger partial charge on any atom is 0.341 e. The topological polar surface area (TPSA) is 92.0 Å². The highest BCUT2D eigenvalue weighted by Gasteiger charge is 2.19. The fourth-order valence-corrected chi connectivity index (χ4v) is 1.67. The molecule has 0 aliphatic rings. The Morgan fingerprint density at radius 3 is 2.82 bits per heavy atom. The average molecular weight is 300 g/mol. The van der Waals surface area contributed by atoms with Crippen LogP contribution in [0.4, 0.5) is 10.2 Å². The Hall–Kier alpha value is -1.89. The van der Waals surface area contributed by atoms with Crippen molar-refractivity contribution in [2.24, 2.45) is 0 Å². The summed E-state index contributed by atoms with van der Waals surface area (Å²) in [7, 11) is 0. The van der Waals surface area contributed by atoms with Gasteiger partial charge in [-0.1, -0.05) is 6.07 Å². The third-order valence-electron chi connectivity index (χ3n) is 2.20. The second-order valence-electron chi connectivity index (χ2n) is 3.29. The Labute approximate surface area is 104 Å². The summed E-state index contributed by atoms with van der Waals surface area (Å²) < 4.78 is 13.6. The lowest BCUT2D eigenvalue weighted by Gasteiger charge is -2.01. The SMILES string of the molecule is Nc1[nH]nc(-c2ccc(Br)c(F)c2)c1C(=O)O. The molecule has 88 valence electrons. The lowest BCUT2D eigenvalue weighted by Crippen LogP contribution is -2.01. The van der Waals surface area contributed by atoms with Crippen molar-refractivity contribution in [3.8, 4) is 11.3 Å². The van der Waals surface area contributed by atoms with Crippen LogP contribution in [-0.4, -0.2) is 21.3 Å². The standard InChI is InChI=1S/C10H7BrFN3O2/c11-5-2-1-4(3-6(5)12)8-7(10(16)17)9(13)15-14-8/h1-3H,(H,16,17)(H3,13,14,15). The molecule has 1 aromatic heterocycles. The summed E-state index contributed by atoms with van der Waals surface area (Å²) in [6.45, 7) is 0. The largest absolute Gasteiger partial charge is 0.477 e. The molecule has 0 atom stereocenters. The van der Waals surface area contributed by atoms with Crippen LogP contribution in [0.25, 0.3) is 11.3 Å². The third kappa shape index (κ3) is 2.01. The van der Waals surface area contributed by atoms with E-state index in [1.54, 1.807) is 6.07 Å². The molecule has 0 amide bonds. The average Bonchev–Trinajstić information content (AvgIpc) is 2.64. The van der Waals surface area contributed by atoms with Gasteiger partial charge < -0.3 is 10.8 Å². The quantitative estimate of drug-likeness (QED) is 0.793. The zero-order chi connectivity index (χ0) is 12.6. The maximum absolute atomic E-state index is 13.3. The predicted octanol–water partition coefficient (Wildman–Crippen LogP) is 2.26. The molecule has 0 saturated carbocycles. The molecule has 0 radical (unpaired) electrons. The molecule has 5 nitrogen and oxygen atoms in total. The highest BCUT2D eigenvalue weighted by atomic mass is 79.9.